The summed E-state index contributed by atoms with van der Waals surface area (Å²) in [6, 6.07) is 0. The lowest BCUT2D eigenvalue weighted by molar-refractivity contribution is 0.107. The molecule has 0 amide bonds. The third kappa shape index (κ3) is 4.68. The predicted molar refractivity (Wildman–Crippen MR) is 60.6 cm³/mol. The second-order valence-electron chi connectivity index (χ2n) is 3.83. The van der Waals surface area contributed by atoms with Gasteiger partial charge in [-0.1, -0.05) is 0 Å². The van der Waals surface area contributed by atoms with Crippen LogP contribution in [0.1, 0.15) is 19.8 Å². The van der Waals surface area contributed by atoms with Crippen LogP contribution in [0.2, 0.25) is 0 Å². The van der Waals surface area contributed by atoms with E-state index in [9.17, 15) is 8.42 Å². The molecule has 0 aromatic rings. The summed E-state index contributed by atoms with van der Waals surface area (Å²) in [6.45, 7) is 3.19. The first-order valence-corrected chi connectivity index (χ1v) is 7.39. The number of halogens is 1. The summed E-state index contributed by atoms with van der Waals surface area (Å²) in [6.07, 6.45) is 1.58. The molecule has 0 spiro atoms. The van der Waals surface area contributed by atoms with Gasteiger partial charge in [0.15, 0.2) is 0 Å². The van der Waals surface area contributed by atoms with Crippen LogP contribution >= 0.6 is 11.6 Å². The molecule has 2 unspecified atom stereocenters. The number of hydrogen-bond donors (Lipinski definition) is 1. The van der Waals surface area contributed by atoms with Gasteiger partial charge < -0.3 is 4.74 Å². The highest BCUT2D eigenvalue weighted by atomic mass is 35.5. The van der Waals surface area contributed by atoms with Gasteiger partial charge in [0.25, 0.3) is 0 Å². The van der Waals surface area contributed by atoms with Crippen LogP contribution in [0.4, 0.5) is 0 Å². The standard InChI is InChI=1S/C9H18ClNO3S/c1-8-9(3-5-14-8)7-11-15(12,13)6-2-4-10/h8-9,11H,2-7H2,1H3. The van der Waals surface area contributed by atoms with Crippen molar-refractivity contribution in [3.8, 4) is 0 Å². The van der Waals surface area contributed by atoms with Gasteiger partial charge in [-0.25, -0.2) is 13.1 Å². The van der Waals surface area contributed by atoms with Crippen LogP contribution < -0.4 is 4.72 Å². The Balaban J connectivity index is 2.29. The van der Waals surface area contributed by atoms with E-state index < -0.39 is 10.0 Å². The Morgan fingerprint density at radius 2 is 2.27 bits per heavy atom. The van der Waals surface area contributed by atoms with Crippen molar-refractivity contribution in [1.29, 1.82) is 0 Å². The van der Waals surface area contributed by atoms with Crippen molar-refractivity contribution in [3.05, 3.63) is 0 Å². The molecular weight excluding hydrogens is 238 g/mol. The second kappa shape index (κ2) is 6.03. The quantitative estimate of drug-likeness (QED) is 0.720. The van der Waals surface area contributed by atoms with Crippen molar-refractivity contribution in [2.24, 2.45) is 5.92 Å². The van der Waals surface area contributed by atoms with E-state index in [-0.39, 0.29) is 11.9 Å². The largest absolute Gasteiger partial charge is 0.378 e. The molecule has 0 aromatic carbocycles. The molecule has 2 atom stereocenters. The molecule has 1 aliphatic rings. The van der Waals surface area contributed by atoms with E-state index >= 15 is 0 Å². The van der Waals surface area contributed by atoms with Gasteiger partial charge in [-0.3, -0.25) is 0 Å². The Kier molecular flexibility index (Phi) is 5.32. The number of nitrogens with one attached hydrogen (secondary N) is 1. The van der Waals surface area contributed by atoms with Crippen LogP contribution in [-0.2, 0) is 14.8 Å². The molecule has 1 N–H and O–H groups in total. The van der Waals surface area contributed by atoms with Crippen LogP contribution in [0.25, 0.3) is 0 Å². The number of sulfonamides is 1. The van der Waals surface area contributed by atoms with Crippen LogP contribution in [-0.4, -0.2) is 39.3 Å². The van der Waals surface area contributed by atoms with Gasteiger partial charge in [-0.15, -0.1) is 11.6 Å². The van der Waals surface area contributed by atoms with E-state index in [2.05, 4.69) is 4.72 Å². The average molecular weight is 256 g/mol. The summed E-state index contributed by atoms with van der Waals surface area (Å²) >= 11 is 5.45. The van der Waals surface area contributed by atoms with Gasteiger partial charge in [0, 0.05) is 24.9 Å². The maximum Gasteiger partial charge on any atom is 0.211 e. The molecule has 1 rings (SSSR count). The van der Waals surface area contributed by atoms with Gasteiger partial charge in [-0.05, 0) is 19.8 Å². The molecule has 6 heteroatoms. The molecule has 4 nitrogen and oxygen atoms in total. The number of alkyl halides is 1. The van der Waals surface area contributed by atoms with Gasteiger partial charge in [-0.2, -0.15) is 0 Å². The minimum absolute atomic E-state index is 0.110. The first-order valence-electron chi connectivity index (χ1n) is 5.20. The van der Waals surface area contributed by atoms with E-state index in [1.165, 1.54) is 0 Å². The lowest BCUT2D eigenvalue weighted by Gasteiger charge is -2.14. The summed E-state index contributed by atoms with van der Waals surface area (Å²) in [4.78, 5) is 0. The highest BCUT2D eigenvalue weighted by Gasteiger charge is 2.25. The Hall–Kier alpha value is 0.160. The van der Waals surface area contributed by atoms with E-state index in [0.717, 1.165) is 13.0 Å². The molecule has 0 saturated carbocycles. The topological polar surface area (TPSA) is 55.4 Å². The fraction of sp³-hybridized carbons (Fsp3) is 1.00. The van der Waals surface area contributed by atoms with Crippen molar-refractivity contribution in [3.63, 3.8) is 0 Å². The SMILES string of the molecule is CC1OCCC1CNS(=O)(=O)CCCCl. The van der Waals surface area contributed by atoms with Gasteiger partial charge in [0.2, 0.25) is 10.0 Å². The first kappa shape index (κ1) is 13.2. The van der Waals surface area contributed by atoms with Crippen molar-refractivity contribution >= 4 is 21.6 Å². The normalized spacial score (nSPS) is 27.1. The Bertz CT molecular complexity index is 281. The third-order valence-electron chi connectivity index (χ3n) is 2.65. The van der Waals surface area contributed by atoms with Crippen LogP contribution in [0.15, 0.2) is 0 Å². The highest BCUT2D eigenvalue weighted by Crippen LogP contribution is 2.19. The summed E-state index contributed by atoms with van der Waals surface area (Å²) in [5, 5.41) is 0. The highest BCUT2D eigenvalue weighted by molar-refractivity contribution is 7.89. The third-order valence-corrected chi connectivity index (χ3v) is 4.35. The molecule has 1 fully saturated rings. The van der Waals surface area contributed by atoms with Gasteiger partial charge in [0.05, 0.1) is 11.9 Å². The minimum atomic E-state index is -3.14. The summed E-state index contributed by atoms with van der Waals surface area (Å²) < 4.78 is 30.8. The van der Waals surface area contributed by atoms with Crippen molar-refractivity contribution in [2.45, 2.75) is 25.9 Å². The molecular formula is C9H18ClNO3S. The molecule has 0 bridgehead atoms. The van der Waals surface area contributed by atoms with Crippen molar-refractivity contribution < 1.29 is 13.2 Å². The van der Waals surface area contributed by atoms with Gasteiger partial charge >= 0.3 is 0 Å². The summed E-state index contributed by atoms with van der Waals surface area (Å²) in [7, 11) is -3.14. The van der Waals surface area contributed by atoms with Gasteiger partial charge in [0.1, 0.15) is 0 Å². The fourth-order valence-electron chi connectivity index (χ4n) is 1.59. The summed E-state index contributed by atoms with van der Waals surface area (Å²) in [5.74, 6) is 0.790. The lowest BCUT2D eigenvalue weighted by atomic mass is 10.0. The Morgan fingerprint density at radius 3 is 2.80 bits per heavy atom. The van der Waals surface area contributed by atoms with Crippen LogP contribution in [0, 0.1) is 5.92 Å². The monoisotopic (exact) mass is 255 g/mol. The van der Waals surface area contributed by atoms with E-state index in [1.54, 1.807) is 0 Å². The van der Waals surface area contributed by atoms with Crippen molar-refractivity contribution in [2.75, 3.05) is 24.8 Å². The second-order valence-corrected chi connectivity index (χ2v) is 6.14. The number of ether oxygens (including phenoxy) is 1. The minimum Gasteiger partial charge on any atom is -0.378 e. The van der Waals surface area contributed by atoms with E-state index in [4.69, 9.17) is 16.3 Å². The molecule has 0 radical (unpaired) electrons. The lowest BCUT2D eigenvalue weighted by Crippen LogP contribution is -2.33. The molecule has 0 aliphatic carbocycles. The number of hydrogen-bond acceptors (Lipinski definition) is 3. The van der Waals surface area contributed by atoms with Crippen molar-refractivity contribution in [1.82, 2.24) is 4.72 Å². The molecule has 1 saturated heterocycles. The zero-order chi connectivity index (χ0) is 11.3. The molecule has 1 aliphatic heterocycles. The maximum atomic E-state index is 11.4. The number of rotatable bonds is 6. The fourth-order valence-corrected chi connectivity index (χ4v) is 3.02. The zero-order valence-corrected chi connectivity index (χ0v) is 10.5. The smallest absolute Gasteiger partial charge is 0.211 e. The molecule has 90 valence electrons. The Labute approximate surface area is 96.4 Å². The van der Waals surface area contributed by atoms with E-state index in [1.807, 2.05) is 6.92 Å². The Morgan fingerprint density at radius 1 is 1.53 bits per heavy atom. The van der Waals surface area contributed by atoms with Crippen LogP contribution in [0.5, 0.6) is 0 Å². The first-order chi connectivity index (χ1) is 7.05. The zero-order valence-electron chi connectivity index (χ0n) is 8.91. The maximum absolute atomic E-state index is 11.4. The predicted octanol–water partition coefficient (Wildman–Crippen LogP) is 0.960. The van der Waals surface area contributed by atoms with E-state index in [0.29, 0.717) is 24.8 Å². The summed E-state index contributed by atoms with van der Waals surface area (Å²) in [5.41, 5.74) is 0. The average Bonchev–Trinajstić information content (AvgIpc) is 2.58. The van der Waals surface area contributed by atoms with Crippen LogP contribution in [0.3, 0.4) is 0 Å². The molecule has 15 heavy (non-hydrogen) atoms. The molecule has 1 heterocycles. The molecule has 0 aromatic heterocycles.